The molecule has 0 amide bonds. The van der Waals surface area contributed by atoms with Crippen molar-refractivity contribution in [2.45, 2.75) is 31.2 Å². The fourth-order valence-corrected chi connectivity index (χ4v) is 4.78. The number of alkyl halides is 5. The zero-order valence-electron chi connectivity index (χ0n) is 19.8. The second-order valence-corrected chi connectivity index (χ2v) is 8.78. The Morgan fingerprint density at radius 3 is 2.44 bits per heavy atom. The lowest BCUT2D eigenvalue weighted by atomic mass is 10.1. The van der Waals surface area contributed by atoms with E-state index in [1.165, 1.54) is 23.1 Å². The molecular formula is C25H18F5N7O2. The number of hydrogen-bond donors (Lipinski definition) is 2. The number of benzene rings is 2. The highest BCUT2D eigenvalue weighted by Gasteiger charge is 2.40. The molecule has 0 spiro atoms. The van der Waals surface area contributed by atoms with Crippen molar-refractivity contribution in [3.63, 3.8) is 0 Å². The number of halogens is 5. The summed E-state index contributed by atoms with van der Waals surface area (Å²) in [7, 11) is 0. The first-order valence-corrected chi connectivity index (χ1v) is 11.5. The van der Waals surface area contributed by atoms with E-state index in [-0.39, 0.29) is 35.8 Å². The second-order valence-electron chi connectivity index (χ2n) is 8.78. The first-order valence-electron chi connectivity index (χ1n) is 11.5. The number of hydrogen-bond acceptors (Lipinski definition) is 8. The summed E-state index contributed by atoms with van der Waals surface area (Å²) in [4.78, 5) is 26.9. The number of nitrogens with zero attached hydrogens (tertiary/aromatic N) is 6. The normalized spacial score (nSPS) is 17.6. The molecule has 0 saturated carbocycles. The highest BCUT2D eigenvalue weighted by molar-refractivity contribution is 5.82. The van der Waals surface area contributed by atoms with E-state index in [9.17, 15) is 37.1 Å². The van der Waals surface area contributed by atoms with E-state index >= 15 is 0 Å². The standard InChI is InChI=1S/C25H18F5N7O2/c26-20(27)19-14(10-31)21(35-24(32)34-19)36-11-13(38)9-17(36)22-33-16-8-4-7-15(25(28,29)30)18(16)23(39)37(22)12-5-2-1-3-6-12/h1-8,13,17,20,38H,9,11H2,(H2,32,34,35)/t13-,17-/m0/s1. The van der Waals surface area contributed by atoms with Gasteiger partial charge in [-0.1, -0.05) is 24.3 Å². The molecule has 1 aliphatic rings. The number of nitriles is 1. The number of anilines is 2. The number of rotatable bonds is 4. The van der Waals surface area contributed by atoms with E-state index in [2.05, 4.69) is 15.0 Å². The van der Waals surface area contributed by atoms with E-state index < -0.39 is 58.5 Å². The van der Waals surface area contributed by atoms with Gasteiger partial charge in [-0.05, 0) is 24.3 Å². The molecule has 9 nitrogen and oxygen atoms in total. The Morgan fingerprint density at radius 1 is 1.08 bits per heavy atom. The number of nitrogens with two attached hydrogens (primary N) is 1. The smallest absolute Gasteiger partial charge is 0.391 e. The van der Waals surface area contributed by atoms with E-state index in [1.807, 2.05) is 0 Å². The minimum absolute atomic E-state index is 0.0887. The van der Waals surface area contributed by atoms with Gasteiger partial charge in [0.15, 0.2) is 5.82 Å². The lowest BCUT2D eigenvalue weighted by Crippen LogP contribution is -2.33. The molecular weight excluding hydrogens is 525 g/mol. The number of β-amino-alcohol motifs (C(OH)–C–C–N with tert-alkyl or cyclic N) is 1. The number of nitrogen functional groups attached to an aromatic ring is 1. The average Bonchev–Trinajstić information content (AvgIpc) is 3.28. The summed E-state index contributed by atoms with van der Waals surface area (Å²) in [5, 5.41) is 19.6. The molecule has 3 N–H and O–H groups in total. The molecule has 0 aliphatic carbocycles. The van der Waals surface area contributed by atoms with Crippen molar-refractivity contribution < 1.29 is 27.1 Å². The Kier molecular flexibility index (Phi) is 6.39. The Morgan fingerprint density at radius 2 is 1.79 bits per heavy atom. The summed E-state index contributed by atoms with van der Waals surface area (Å²) in [5.74, 6) is -0.963. The van der Waals surface area contributed by atoms with Gasteiger partial charge in [0, 0.05) is 13.0 Å². The third-order valence-corrected chi connectivity index (χ3v) is 6.35. The molecule has 3 heterocycles. The fraction of sp³-hybridized carbons (Fsp3) is 0.240. The van der Waals surface area contributed by atoms with Crippen molar-refractivity contribution in [2.75, 3.05) is 17.2 Å². The molecule has 0 unspecified atom stereocenters. The van der Waals surface area contributed by atoms with Gasteiger partial charge in [0.05, 0.1) is 34.3 Å². The molecule has 200 valence electrons. The monoisotopic (exact) mass is 543 g/mol. The zero-order chi connectivity index (χ0) is 28.1. The van der Waals surface area contributed by atoms with Gasteiger partial charge in [-0.15, -0.1) is 0 Å². The predicted molar refractivity (Wildman–Crippen MR) is 129 cm³/mol. The lowest BCUT2D eigenvalue weighted by Gasteiger charge is -2.28. The number of para-hydroxylation sites is 1. The van der Waals surface area contributed by atoms with Crippen LogP contribution in [-0.2, 0) is 6.18 Å². The van der Waals surface area contributed by atoms with Gasteiger partial charge in [0.2, 0.25) is 5.95 Å². The van der Waals surface area contributed by atoms with Gasteiger partial charge < -0.3 is 15.7 Å². The van der Waals surface area contributed by atoms with Gasteiger partial charge in [0.25, 0.3) is 12.0 Å². The van der Waals surface area contributed by atoms with Crippen LogP contribution in [0.25, 0.3) is 16.6 Å². The summed E-state index contributed by atoms with van der Waals surface area (Å²) < 4.78 is 69.9. The molecule has 2 aromatic heterocycles. The molecule has 2 atom stereocenters. The maximum atomic E-state index is 13.9. The zero-order valence-corrected chi connectivity index (χ0v) is 19.8. The Hall–Kier alpha value is -4.64. The van der Waals surface area contributed by atoms with Gasteiger partial charge in [0.1, 0.15) is 23.2 Å². The quantitative estimate of drug-likeness (QED) is 0.370. The third-order valence-electron chi connectivity index (χ3n) is 6.35. The van der Waals surface area contributed by atoms with Crippen molar-refractivity contribution in [3.05, 3.63) is 81.5 Å². The van der Waals surface area contributed by atoms with Crippen molar-refractivity contribution >= 4 is 22.7 Å². The van der Waals surface area contributed by atoms with Gasteiger partial charge in [-0.2, -0.15) is 23.4 Å². The Balaban J connectivity index is 1.82. The first kappa shape index (κ1) is 26.0. The maximum Gasteiger partial charge on any atom is 0.417 e. The van der Waals surface area contributed by atoms with Crippen LogP contribution in [0.2, 0.25) is 0 Å². The molecule has 1 fully saturated rings. The average molecular weight is 543 g/mol. The largest absolute Gasteiger partial charge is 0.417 e. The van der Waals surface area contributed by atoms with Crippen LogP contribution in [0.3, 0.4) is 0 Å². The van der Waals surface area contributed by atoms with Crippen molar-refractivity contribution in [1.29, 1.82) is 5.26 Å². The van der Waals surface area contributed by atoms with Crippen molar-refractivity contribution in [3.8, 4) is 11.8 Å². The SMILES string of the molecule is N#Cc1c(C(F)F)nc(N)nc1N1C[C@@H](O)C[C@H]1c1nc2cccc(C(F)(F)F)c2c(=O)n1-c1ccccc1. The molecule has 2 aromatic carbocycles. The van der Waals surface area contributed by atoms with Crippen LogP contribution in [0.5, 0.6) is 0 Å². The molecule has 4 aromatic rings. The van der Waals surface area contributed by atoms with E-state index in [1.54, 1.807) is 24.3 Å². The van der Waals surface area contributed by atoms with Crippen LogP contribution >= 0.6 is 0 Å². The first-order chi connectivity index (χ1) is 18.5. The molecule has 5 rings (SSSR count). The van der Waals surface area contributed by atoms with E-state index in [0.29, 0.717) is 0 Å². The minimum atomic E-state index is -4.85. The molecule has 0 bridgehead atoms. The fourth-order valence-electron chi connectivity index (χ4n) is 4.78. The molecule has 14 heteroatoms. The van der Waals surface area contributed by atoms with Crippen LogP contribution in [0, 0.1) is 11.3 Å². The van der Waals surface area contributed by atoms with Gasteiger partial charge >= 0.3 is 6.18 Å². The Labute approximate surface area is 216 Å². The maximum absolute atomic E-state index is 13.9. The number of aliphatic hydroxyl groups is 1. The predicted octanol–water partition coefficient (Wildman–Crippen LogP) is 3.90. The Bertz CT molecular complexity index is 1670. The summed E-state index contributed by atoms with van der Waals surface area (Å²) in [6.45, 7) is -0.218. The molecule has 1 saturated heterocycles. The van der Waals surface area contributed by atoms with Gasteiger partial charge in [-0.3, -0.25) is 9.36 Å². The van der Waals surface area contributed by atoms with Crippen LogP contribution in [0.15, 0.2) is 53.3 Å². The lowest BCUT2D eigenvalue weighted by molar-refractivity contribution is -0.136. The highest BCUT2D eigenvalue weighted by atomic mass is 19.4. The topological polar surface area (TPSA) is 134 Å². The van der Waals surface area contributed by atoms with Crippen LogP contribution < -0.4 is 16.2 Å². The van der Waals surface area contributed by atoms with Crippen LogP contribution in [0.4, 0.5) is 33.7 Å². The minimum Gasteiger partial charge on any atom is -0.391 e. The molecule has 39 heavy (non-hydrogen) atoms. The third kappa shape index (κ3) is 4.50. The van der Waals surface area contributed by atoms with Crippen molar-refractivity contribution in [1.82, 2.24) is 19.5 Å². The summed E-state index contributed by atoms with van der Waals surface area (Å²) in [5.41, 5.74) is 1.88. The number of aromatic nitrogens is 4. The number of aliphatic hydroxyl groups excluding tert-OH is 1. The van der Waals surface area contributed by atoms with Gasteiger partial charge in [-0.25, -0.2) is 18.7 Å². The van der Waals surface area contributed by atoms with Crippen LogP contribution in [-0.4, -0.2) is 37.3 Å². The van der Waals surface area contributed by atoms with E-state index in [0.717, 1.165) is 16.7 Å². The van der Waals surface area contributed by atoms with Crippen LogP contribution in [0.1, 0.15) is 41.5 Å². The highest BCUT2D eigenvalue weighted by Crippen LogP contribution is 2.40. The summed E-state index contributed by atoms with van der Waals surface area (Å²) in [6.07, 6.45) is -9.22. The summed E-state index contributed by atoms with van der Waals surface area (Å²) in [6, 6.07) is 11.5. The van der Waals surface area contributed by atoms with Crippen molar-refractivity contribution in [2.24, 2.45) is 0 Å². The van der Waals surface area contributed by atoms with E-state index in [4.69, 9.17) is 5.73 Å². The number of fused-ring (bicyclic) bond motifs is 1. The molecule has 0 radical (unpaired) electrons. The molecule has 1 aliphatic heterocycles. The second kappa shape index (κ2) is 9.59. The summed E-state index contributed by atoms with van der Waals surface area (Å²) >= 11 is 0.